The van der Waals surface area contributed by atoms with Crippen LogP contribution in [0, 0.1) is 0 Å². The second-order valence-electron chi connectivity index (χ2n) is 5.66. The van der Waals surface area contributed by atoms with Gasteiger partial charge in [0.2, 0.25) is 0 Å². The predicted octanol–water partition coefficient (Wildman–Crippen LogP) is 4.73. The second-order valence-corrected chi connectivity index (χ2v) is 10.8. The zero-order valence-corrected chi connectivity index (χ0v) is 13.2. The first-order valence-electron chi connectivity index (χ1n) is 5.70. The van der Waals surface area contributed by atoms with Crippen LogP contribution in [0.4, 0.5) is 0 Å². The van der Waals surface area contributed by atoms with E-state index in [0.717, 1.165) is 11.5 Å². The first-order chi connectivity index (χ1) is 7.67. The van der Waals surface area contributed by atoms with Crippen LogP contribution in [0.1, 0.15) is 20.8 Å². The number of ether oxygens (including phenoxy) is 1. The molecular weight excluding hydrogens is 252 g/mol. The van der Waals surface area contributed by atoms with Gasteiger partial charge in [0.15, 0.2) is 5.75 Å². The van der Waals surface area contributed by atoms with Crippen LogP contribution in [0.15, 0.2) is 18.2 Å². The topological polar surface area (TPSA) is 18.5 Å². The summed E-state index contributed by atoms with van der Waals surface area (Å²) in [6.07, 6.45) is 0. The summed E-state index contributed by atoms with van der Waals surface area (Å²) < 4.78 is 11.5. The molecule has 2 nitrogen and oxygen atoms in total. The Balaban J connectivity index is 3.06. The van der Waals surface area contributed by atoms with Gasteiger partial charge in [0.05, 0.1) is 7.11 Å². The molecule has 0 N–H and O–H groups in total. The van der Waals surface area contributed by atoms with E-state index in [-0.39, 0.29) is 5.04 Å². The van der Waals surface area contributed by atoms with Gasteiger partial charge in [-0.05, 0) is 30.3 Å². The van der Waals surface area contributed by atoms with Crippen molar-refractivity contribution in [1.29, 1.82) is 0 Å². The normalized spacial score (nSPS) is 12.4. The lowest BCUT2D eigenvalue weighted by molar-refractivity contribution is 0.386. The lowest BCUT2D eigenvalue weighted by Crippen LogP contribution is -2.43. The molecule has 0 aliphatic carbocycles. The maximum atomic E-state index is 6.20. The minimum absolute atomic E-state index is 0.153. The lowest BCUT2D eigenvalue weighted by atomic mass is 10.2. The summed E-state index contributed by atoms with van der Waals surface area (Å²) in [5.41, 5.74) is 0. The standard InChI is InChI=1S/C13H21ClO2Si/c1-13(2,3)17(5,6)16-12-9-10(14)7-8-11(12)15-4/h7-9H,1-6H3. The van der Waals surface area contributed by atoms with Crippen molar-refractivity contribution in [2.45, 2.75) is 38.9 Å². The van der Waals surface area contributed by atoms with Crippen LogP contribution in [-0.4, -0.2) is 15.4 Å². The molecule has 0 amide bonds. The largest absolute Gasteiger partial charge is 0.541 e. The van der Waals surface area contributed by atoms with Crippen LogP contribution < -0.4 is 9.16 Å². The number of methoxy groups -OCH3 is 1. The van der Waals surface area contributed by atoms with Crippen molar-refractivity contribution >= 4 is 19.9 Å². The molecule has 0 saturated heterocycles. The maximum Gasteiger partial charge on any atom is 0.250 e. The first-order valence-corrected chi connectivity index (χ1v) is 8.98. The molecule has 0 aliphatic heterocycles. The molecule has 1 rings (SSSR count). The third-order valence-electron chi connectivity index (χ3n) is 3.30. The molecule has 1 aromatic rings. The molecule has 96 valence electrons. The van der Waals surface area contributed by atoms with Gasteiger partial charge >= 0.3 is 0 Å². The van der Waals surface area contributed by atoms with Gasteiger partial charge in [0.1, 0.15) is 5.75 Å². The third kappa shape index (κ3) is 3.39. The Morgan fingerprint density at radius 2 is 1.71 bits per heavy atom. The maximum absolute atomic E-state index is 6.20. The molecule has 0 atom stereocenters. The fraction of sp³-hybridized carbons (Fsp3) is 0.538. The van der Waals surface area contributed by atoms with E-state index in [0.29, 0.717) is 5.02 Å². The summed E-state index contributed by atoms with van der Waals surface area (Å²) in [4.78, 5) is 0. The minimum Gasteiger partial charge on any atom is -0.541 e. The van der Waals surface area contributed by atoms with Crippen LogP contribution in [0.2, 0.25) is 23.2 Å². The third-order valence-corrected chi connectivity index (χ3v) is 7.87. The van der Waals surface area contributed by atoms with Crippen LogP contribution in [0.25, 0.3) is 0 Å². The second kappa shape index (κ2) is 4.90. The van der Waals surface area contributed by atoms with Crippen molar-refractivity contribution in [3.63, 3.8) is 0 Å². The number of hydrogen-bond acceptors (Lipinski definition) is 2. The van der Waals surface area contributed by atoms with Gasteiger partial charge in [-0.3, -0.25) is 0 Å². The zero-order chi connectivity index (χ0) is 13.3. The van der Waals surface area contributed by atoms with Crippen LogP contribution in [-0.2, 0) is 0 Å². The smallest absolute Gasteiger partial charge is 0.250 e. The molecule has 0 fully saturated rings. The average Bonchev–Trinajstić information content (AvgIpc) is 2.15. The van der Waals surface area contributed by atoms with Crippen LogP contribution >= 0.6 is 11.6 Å². The van der Waals surface area contributed by atoms with E-state index in [4.69, 9.17) is 20.8 Å². The van der Waals surface area contributed by atoms with E-state index in [1.54, 1.807) is 13.2 Å². The lowest BCUT2D eigenvalue weighted by Gasteiger charge is -2.36. The molecule has 0 aromatic heterocycles. The van der Waals surface area contributed by atoms with Gasteiger partial charge in [-0.25, -0.2) is 0 Å². The van der Waals surface area contributed by atoms with E-state index in [1.807, 2.05) is 12.1 Å². The highest BCUT2D eigenvalue weighted by Gasteiger charge is 2.39. The molecule has 1 aromatic carbocycles. The zero-order valence-electron chi connectivity index (χ0n) is 11.4. The van der Waals surface area contributed by atoms with E-state index < -0.39 is 8.32 Å². The van der Waals surface area contributed by atoms with E-state index in [9.17, 15) is 0 Å². The van der Waals surface area contributed by atoms with Gasteiger partial charge < -0.3 is 9.16 Å². The summed E-state index contributed by atoms with van der Waals surface area (Å²) in [5.74, 6) is 1.48. The fourth-order valence-electron chi connectivity index (χ4n) is 1.16. The minimum atomic E-state index is -1.85. The number of hydrogen-bond donors (Lipinski definition) is 0. The molecule has 0 saturated carbocycles. The Hall–Kier alpha value is -0.673. The summed E-state index contributed by atoms with van der Waals surface area (Å²) >= 11 is 6.00. The summed E-state index contributed by atoms with van der Waals surface area (Å²) in [6.45, 7) is 11.0. The van der Waals surface area contributed by atoms with Crippen molar-refractivity contribution in [3.05, 3.63) is 23.2 Å². The monoisotopic (exact) mass is 272 g/mol. The summed E-state index contributed by atoms with van der Waals surface area (Å²) in [5, 5.41) is 0.819. The highest BCUT2D eigenvalue weighted by Crippen LogP contribution is 2.40. The highest BCUT2D eigenvalue weighted by atomic mass is 35.5. The highest BCUT2D eigenvalue weighted by molar-refractivity contribution is 6.74. The van der Waals surface area contributed by atoms with Gasteiger partial charge in [-0.1, -0.05) is 32.4 Å². The molecule has 0 aliphatic rings. The predicted molar refractivity (Wildman–Crippen MR) is 75.8 cm³/mol. The quantitative estimate of drug-likeness (QED) is 0.741. The van der Waals surface area contributed by atoms with Gasteiger partial charge in [-0.2, -0.15) is 0 Å². The van der Waals surface area contributed by atoms with Crippen molar-refractivity contribution < 1.29 is 9.16 Å². The molecule has 0 heterocycles. The van der Waals surface area contributed by atoms with E-state index >= 15 is 0 Å². The molecule has 0 radical (unpaired) electrons. The van der Waals surface area contributed by atoms with Crippen molar-refractivity contribution in [2.24, 2.45) is 0 Å². The Morgan fingerprint density at radius 3 is 2.18 bits per heavy atom. The van der Waals surface area contributed by atoms with Crippen molar-refractivity contribution in [1.82, 2.24) is 0 Å². The molecule has 0 unspecified atom stereocenters. The van der Waals surface area contributed by atoms with Gasteiger partial charge in [0, 0.05) is 11.1 Å². The molecular formula is C13H21ClO2Si. The summed E-state index contributed by atoms with van der Waals surface area (Å²) in [7, 11) is -0.214. The van der Waals surface area contributed by atoms with Crippen molar-refractivity contribution in [2.75, 3.05) is 7.11 Å². The SMILES string of the molecule is COc1ccc(Cl)cc1O[Si](C)(C)C(C)(C)C. The van der Waals surface area contributed by atoms with Crippen molar-refractivity contribution in [3.8, 4) is 11.5 Å². The van der Waals surface area contributed by atoms with Crippen LogP contribution in [0.5, 0.6) is 11.5 Å². The molecule has 4 heteroatoms. The Morgan fingerprint density at radius 1 is 1.12 bits per heavy atom. The Kier molecular flexibility index (Phi) is 4.15. The van der Waals surface area contributed by atoms with Gasteiger partial charge in [-0.15, -0.1) is 0 Å². The first kappa shape index (κ1) is 14.4. The average molecular weight is 273 g/mol. The Bertz CT molecular complexity index is 397. The summed E-state index contributed by atoms with van der Waals surface area (Å²) in [6, 6.07) is 5.46. The number of benzene rings is 1. The number of rotatable bonds is 3. The van der Waals surface area contributed by atoms with Crippen LogP contribution in [0.3, 0.4) is 0 Å². The molecule has 0 bridgehead atoms. The number of halogens is 1. The van der Waals surface area contributed by atoms with E-state index in [2.05, 4.69) is 33.9 Å². The van der Waals surface area contributed by atoms with E-state index in [1.165, 1.54) is 0 Å². The fourth-order valence-corrected chi connectivity index (χ4v) is 2.34. The molecule has 17 heavy (non-hydrogen) atoms. The Labute approximate surface area is 110 Å². The van der Waals surface area contributed by atoms with Gasteiger partial charge in [0.25, 0.3) is 8.32 Å². The molecule has 0 spiro atoms.